The summed E-state index contributed by atoms with van der Waals surface area (Å²) in [7, 11) is 0. The number of esters is 2. The predicted molar refractivity (Wildman–Crippen MR) is 74.9 cm³/mol. The van der Waals surface area contributed by atoms with E-state index in [1.807, 2.05) is 13.8 Å². The number of hydrogen-bond donors (Lipinski definition) is 0. The number of rotatable bonds is 4. The van der Waals surface area contributed by atoms with Crippen LogP contribution in [0.3, 0.4) is 0 Å². The van der Waals surface area contributed by atoms with Crippen molar-refractivity contribution in [3.05, 3.63) is 0 Å². The molecule has 2 rings (SSSR count). The Kier molecular flexibility index (Phi) is 5.44. The van der Waals surface area contributed by atoms with Gasteiger partial charge in [0.2, 0.25) is 0 Å². The Morgan fingerprint density at radius 3 is 1.55 bits per heavy atom. The maximum atomic E-state index is 11.8. The number of fused-ring (bicyclic) bond motifs is 1. The molecular weight excluding hydrogens is 256 g/mol. The lowest BCUT2D eigenvalue weighted by Gasteiger charge is -2.40. The monoisotopic (exact) mass is 282 g/mol. The molecule has 4 nitrogen and oxygen atoms in total. The Morgan fingerprint density at radius 1 is 0.800 bits per heavy atom. The first-order valence-electron chi connectivity index (χ1n) is 7.98. The van der Waals surface area contributed by atoms with Gasteiger partial charge in [-0.3, -0.25) is 9.59 Å². The average molecular weight is 282 g/mol. The van der Waals surface area contributed by atoms with Gasteiger partial charge in [0.05, 0.1) is 25.0 Å². The fraction of sp³-hybridized carbons (Fsp3) is 0.875. The summed E-state index contributed by atoms with van der Waals surface area (Å²) in [6.07, 6.45) is 5.80. The molecule has 0 aromatic carbocycles. The summed E-state index contributed by atoms with van der Waals surface area (Å²) in [5, 5.41) is 0. The molecule has 4 heteroatoms. The van der Waals surface area contributed by atoms with E-state index in [1.54, 1.807) is 0 Å². The molecule has 2 aliphatic rings. The molecule has 20 heavy (non-hydrogen) atoms. The van der Waals surface area contributed by atoms with Crippen molar-refractivity contribution in [3.63, 3.8) is 0 Å². The van der Waals surface area contributed by atoms with Gasteiger partial charge in [0.25, 0.3) is 0 Å². The summed E-state index contributed by atoms with van der Waals surface area (Å²) in [4.78, 5) is 23.7. The number of carbonyl (C=O) groups excluding carboxylic acids is 2. The van der Waals surface area contributed by atoms with E-state index in [4.69, 9.17) is 9.47 Å². The Labute approximate surface area is 121 Å². The third kappa shape index (κ3) is 3.53. The molecule has 2 aliphatic carbocycles. The van der Waals surface area contributed by atoms with Gasteiger partial charge in [-0.05, 0) is 64.2 Å². The molecule has 2 fully saturated rings. The van der Waals surface area contributed by atoms with E-state index in [9.17, 15) is 9.59 Å². The quantitative estimate of drug-likeness (QED) is 0.744. The Bertz CT molecular complexity index is 318. The maximum absolute atomic E-state index is 11.8. The molecule has 4 unspecified atom stereocenters. The second-order valence-corrected chi connectivity index (χ2v) is 6.04. The molecule has 0 amide bonds. The molecule has 0 saturated heterocycles. The van der Waals surface area contributed by atoms with Crippen molar-refractivity contribution >= 4 is 11.9 Å². The van der Waals surface area contributed by atoms with E-state index in [0.717, 1.165) is 38.5 Å². The zero-order valence-corrected chi connectivity index (χ0v) is 12.6. The molecule has 0 N–H and O–H groups in total. The van der Waals surface area contributed by atoms with Crippen LogP contribution in [-0.2, 0) is 19.1 Å². The minimum absolute atomic E-state index is 0.0292. The summed E-state index contributed by atoms with van der Waals surface area (Å²) < 4.78 is 10.3. The number of ether oxygens (including phenoxy) is 2. The van der Waals surface area contributed by atoms with Gasteiger partial charge in [0.1, 0.15) is 0 Å². The van der Waals surface area contributed by atoms with Crippen LogP contribution in [0, 0.1) is 23.7 Å². The van der Waals surface area contributed by atoms with E-state index < -0.39 is 0 Å². The average Bonchev–Trinajstić information content (AvgIpc) is 2.46. The van der Waals surface area contributed by atoms with E-state index in [2.05, 4.69) is 0 Å². The Morgan fingerprint density at radius 2 is 1.20 bits per heavy atom. The van der Waals surface area contributed by atoms with Crippen LogP contribution in [0.2, 0.25) is 0 Å². The van der Waals surface area contributed by atoms with Crippen molar-refractivity contribution in [1.29, 1.82) is 0 Å². The van der Waals surface area contributed by atoms with Crippen molar-refractivity contribution in [2.75, 3.05) is 13.2 Å². The van der Waals surface area contributed by atoms with Gasteiger partial charge in [-0.15, -0.1) is 0 Å². The molecule has 0 aromatic heterocycles. The largest absolute Gasteiger partial charge is 0.466 e. The van der Waals surface area contributed by atoms with Gasteiger partial charge in [-0.1, -0.05) is 0 Å². The minimum atomic E-state index is -0.0292. The lowest BCUT2D eigenvalue weighted by Crippen LogP contribution is -2.36. The third-order valence-electron chi connectivity index (χ3n) is 4.85. The summed E-state index contributed by atoms with van der Waals surface area (Å²) >= 11 is 0. The van der Waals surface area contributed by atoms with Crippen LogP contribution in [0.15, 0.2) is 0 Å². The molecule has 114 valence electrons. The molecule has 4 atom stereocenters. The van der Waals surface area contributed by atoms with Crippen LogP contribution < -0.4 is 0 Å². The second-order valence-electron chi connectivity index (χ2n) is 6.04. The lowest BCUT2D eigenvalue weighted by atomic mass is 9.65. The predicted octanol–water partition coefficient (Wildman–Crippen LogP) is 2.95. The van der Waals surface area contributed by atoms with Crippen LogP contribution in [0.25, 0.3) is 0 Å². The van der Waals surface area contributed by atoms with Crippen molar-refractivity contribution in [3.8, 4) is 0 Å². The zero-order chi connectivity index (χ0) is 14.5. The SMILES string of the molecule is CCOC(=O)C1CCC2CC(C(=O)OCC)CCC2C1. The van der Waals surface area contributed by atoms with Crippen LogP contribution in [0.4, 0.5) is 0 Å². The van der Waals surface area contributed by atoms with Crippen LogP contribution in [0.5, 0.6) is 0 Å². The van der Waals surface area contributed by atoms with Crippen LogP contribution >= 0.6 is 0 Å². The van der Waals surface area contributed by atoms with Crippen LogP contribution in [-0.4, -0.2) is 25.2 Å². The van der Waals surface area contributed by atoms with E-state index in [1.165, 1.54) is 0 Å². The van der Waals surface area contributed by atoms with Crippen molar-refractivity contribution < 1.29 is 19.1 Å². The van der Waals surface area contributed by atoms with Gasteiger partial charge >= 0.3 is 11.9 Å². The Hall–Kier alpha value is -1.06. The van der Waals surface area contributed by atoms with Gasteiger partial charge in [-0.2, -0.15) is 0 Å². The van der Waals surface area contributed by atoms with E-state index >= 15 is 0 Å². The van der Waals surface area contributed by atoms with Gasteiger partial charge < -0.3 is 9.47 Å². The van der Waals surface area contributed by atoms with Gasteiger partial charge in [-0.25, -0.2) is 0 Å². The Balaban J connectivity index is 1.86. The zero-order valence-electron chi connectivity index (χ0n) is 12.6. The van der Waals surface area contributed by atoms with E-state index in [0.29, 0.717) is 25.0 Å². The van der Waals surface area contributed by atoms with Crippen molar-refractivity contribution in [2.24, 2.45) is 23.7 Å². The number of carbonyl (C=O) groups is 2. The molecule has 0 heterocycles. The molecular formula is C16H26O4. The van der Waals surface area contributed by atoms with Crippen molar-refractivity contribution in [1.82, 2.24) is 0 Å². The fourth-order valence-electron chi connectivity index (χ4n) is 3.84. The standard InChI is InChI=1S/C16H26O4/c1-3-19-15(17)13-7-5-12-10-14(16(18)20-4-2)8-6-11(12)9-13/h11-14H,3-10H2,1-2H3. The smallest absolute Gasteiger partial charge is 0.308 e. The highest BCUT2D eigenvalue weighted by molar-refractivity contribution is 5.73. The van der Waals surface area contributed by atoms with Gasteiger partial charge in [0.15, 0.2) is 0 Å². The first kappa shape index (κ1) is 15.3. The topological polar surface area (TPSA) is 52.6 Å². The third-order valence-corrected chi connectivity index (χ3v) is 4.85. The molecule has 0 radical (unpaired) electrons. The highest BCUT2D eigenvalue weighted by atomic mass is 16.5. The van der Waals surface area contributed by atoms with Crippen LogP contribution in [0.1, 0.15) is 52.4 Å². The fourth-order valence-corrected chi connectivity index (χ4v) is 3.84. The highest BCUT2D eigenvalue weighted by Crippen LogP contribution is 2.45. The molecule has 0 bridgehead atoms. The summed E-state index contributed by atoms with van der Waals surface area (Å²) in [5.41, 5.74) is 0. The summed E-state index contributed by atoms with van der Waals surface area (Å²) in [6, 6.07) is 0. The summed E-state index contributed by atoms with van der Waals surface area (Å²) in [5.74, 6) is 1.27. The molecule has 2 saturated carbocycles. The normalized spacial score (nSPS) is 33.1. The minimum Gasteiger partial charge on any atom is -0.466 e. The molecule has 0 aromatic rings. The number of hydrogen-bond acceptors (Lipinski definition) is 4. The van der Waals surface area contributed by atoms with E-state index in [-0.39, 0.29) is 23.8 Å². The second kappa shape index (κ2) is 7.09. The lowest BCUT2D eigenvalue weighted by molar-refractivity contribution is -0.154. The van der Waals surface area contributed by atoms with Crippen molar-refractivity contribution in [2.45, 2.75) is 52.4 Å². The highest BCUT2D eigenvalue weighted by Gasteiger charge is 2.40. The molecule has 0 aliphatic heterocycles. The molecule has 0 spiro atoms. The maximum Gasteiger partial charge on any atom is 0.308 e. The first-order chi connectivity index (χ1) is 9.65. The summed E-state index contributed by atoms with van der Waals surface area (Å²) in [6.45, 7) is 4.64. The first-order valence-corrected chi connectivity index (χ1v) is 7.98. The van der Waals surface area contributed by atoms with Gasteiger partial charge in [0, 0.05) is 0 Å².